The average Bonchev–Trinajstić information content (AvgIpc) is 2.76. The number of benzene rings is 2. The summed E-state index contributed by atoms with van der Waals surface area (Å²) in [6.45, 7) is 7.04. The summed E-state index contributed by atoms with van der Waals surface area (Å²) in [4.78, 5) is 0. The Kier molecular flexibility index (Phi) is 3.58. The van der Waals surface area contributed by atoms with Crippen molar-refractivity contribution in [3.05, 3.63) is 63.1 Å². The molecule has 0 fully saturated rings. The molecule has 0 aliphatic carbocycles. The molecule has 1 N–H and O–H groups in total. The number of aliphatic hydroxyl groups is 1. The first-order valence-electron chi connectivity index (χ1n) is 7.10. The van der Waals surface area contributed by atoms with Crippen molar-refractivity contribution in [1.29, 1.82) is 0 Å². The molecule has 1 aliphatic rings. The van der Waals surface area contributed by atoms with Crippen LogP contribution in [0.3, 0.4) is 0 Å². The fourth-order valence-corrected chi connectivity index (χ4v) is 3.19. The van der Waals surface area contributed by atoms with Crippen molar-refractivity contribution in [2.45, 2.75) is 32.3 Å². The molecule has 1 aliphatic heterocycles. The monoisotopic (exact) mass is 346 g/mol. The van der Waals surface area contributed by atoms with Crippen LogP contribution in [0.25, 0.3) is 0 Å². The van der Waals surface area contributed by atoms with Gasteiger partial charge in [-0.15, -0.1) is 0 Å². The molecule has 0 spiro atoms. The summed E-state index contributed by atoms with van der Waals surface area (Å²) in [7, 11) is 0. The van der Waals surface area contributed by atoms with Crippen molar-refractivity contribution in [1.82, 2.24) is 0 Å². The molecule has 21 heavy (non-hydrogen) atoms. The van der Waals surface area contributed by atoms with E-state index in [0.717, 1.165) is 26.9 Å². The fourth-order valence-electron chi connectivity index (χ4n) is 2.81. The van der Waals surface area contributed by atoms with Crippen molar-refractivity contribution in [3.8, 4) is 5.75 Å². The third kappa shape index (κ3) is 2.49. The molecule has 3 rings (SSSR count). The molecule has 2 aromatic carbocycles. The van der Waals surface area contributed by atoms with E-state index in [1.165, 1.54) is 5.56 Å². The number of ether oxygens (including phenoxy) is 1. The minimum Gasteiger partial charge on any atom is -0.492 e. The molecule has 2 aromatic rings. The van der Waals surface area contributed by atoms with Gasteiger partial charge in [-0.3, -0.25) is 0 Å². The molecule has 110 valence electrons. The van der Waals surface area contributed by atoms with Crippen LogP contribution in [0.1, 0.15) is 42.2 Å². The maximum atomic E-state index is 10.7. The van der Waals surface area contributed by atoms with Crippen LogP contribution < -0.4 is 4.74 Å². The number of hydrogen-bond donors (Lipinski definition) is 1. The van der Waals surface area contributed by atoms with Gasteiger partial charge in [0.05, 0.1) is 6.61 Å². The smallest absolute Gasteiger partial charge is 0.123 e. The van der Waals surface area contributed by atoms with Gasteiger partial charge < -0.3 is 9.84 Å². The number of fused-ring (bicyclic) bond motifs is 1. The number of hydrogen-bond acceptors (Lipinski definition) is 2. The molecule has 1 heterocycles. The van der Waals surface area contributed by atoms with E-state index >= 15 is 0 Å². The molecule has 1 atom stereocenters. The van der Waals surface area contributed by atoms with E-state index in [9.17, 15) is 5.11 Å². The standard InChI is InChI=1S/C18H19BrO2/c1-11-13(5-4-6-15(11)19)17(20)12-7-8-16-14(9-12)18(2,3)10-21-16/h4-9,17,20H,10H2,1-3H3. The van der Waals surface area contributed by atoms with Gasteiger partial charge in [-0.25, -0.2) is 0 Å². The molecule has 0 bridgehead atoms. The van der Waals surface area contributed by atoms with Gasteiger partial charge in [-0.2, -0.15) is 0 Å². The van der Waals surface area contributed by atoms with E-state index in [2.05, 4.69) is 35.8 Å². The first-order valence-corrected chi connectivity index (χ1v) is 7.90. The van der Waals surface area contributed by atoms with Crippen LogP contribution >= 0.6 is 15.9 Å². The van der Waals surface area contributed by atoms with Gasteiger partial charge in [0.1, 0.15) is 11.9 Å². The van der Waals surface area contributed by atoms with Gasteiger partial charge >= 0.3 is 0 Å². The quantitative estimate of drug-likeness (QED) is 0.866. The van der Waals surface area contributed by atoms with Crippen molar-refractivity contribution in [3.63, 3.8) is 0 Å². The Morgan fingerprint density at radius 3 is 2.76 bits per heavy atom. The van der Waals surface area contributed by atoms with Gasteiger partial charge in [0.2, 0.25) is 0 Å². The van der Waals surface area contributed by atoms with Crippen LogP contribution in [0.5, 0.6) is 5.75 Å². The van der Waals surface area contributed by atoms with E-state index in [-0.39, 0.29) is 5.41 Å². The third-order valence-electron chi connectivity index (χ3n) is 4.24. The van der Waals surface area contributed by atoms with Crippen molar-refractivity contribution in [2.75, 3.05) is 6.61 Å². The highest BCUT2D eigenvalue weighted by Crippen LogP contribution is 2.40. The van der Waals surface area contributed by atoms with Crippen LogP contribution in [0, 0.1) is 6.92 Å². The Morgan fingerprint density at radius 2 is 2.00 bits per heavy atom. The molecule has 1 unspecified atom stereocenters. The van der Waals surface area contributed by atoms with E-state index in [1.807, 2.05) is 37.3 Å². The molecule has 2 nitrogen and oxygen atoms in total. The SMILES string of the molecule is Cc1c(Br)cccc1C(O)c1ccc2c(c1)C(C)(C)CO2. The topological polar surface area (TPSA) is 29.5 Å². The Bertz CT molecular complexity index is 692. The van der Waals surface area contributed by atoms with E-state index in [1.54, 1.807) is 0 Å². The van der Waals surface area contributed by atoms with Gasteiger partial charge in [-0.1, -0.05) is 48.0 Å². The van der Waals surface area contributed by atoms with Crippen LogP contribution in [-0.2, 0) is 5.41 Å². The zero-order valence-electron chi connectivity index (χ0n) is 12.5. The van der Waals surface area contributed by atoms with Gasteiger partial charge in [-0.05, 0) is 41.8 Å². The summed E-state index contributed by atoms with van der Waals surface area (Å²) in [6, 6.07) is 11.9. The molecule has 0 saturated carbocycles. The highest BCUT2D eigenvalue weighted by Gasteiger charge is 2.32. The Balaban J connectivity index is 2.03. The lowest BCUT2D eigenvalue weighted by atomic mass is 9.85. The Hall–Kier alpha value is -1.32. The van der Waals surface area contributed by atoms with Gasteiger partial charge in [0.25, 0.3) is 0 Å². The number of halogens is 1. The number of rotatable bonds is 2. The van der Waals surface area contributed by atoms with Crippen molar-refractivity contribution >= 4 is 15.9 Å². The highest BCUT2D eigenvalue weighted by atomic mass is 79.9. The van der Waals surface area contributed by atoms with Crippen LogP contribution in [0.2, 0.25) is 0 Å². The molecule has 0 amide bonds. The molecule has 0 radical (unpaired) electrons. The second-order valence-corrected chi connectivity index (χ2v) is 7.14. The lowest BCUT2D eigenvalue weighted by molar-refractivity contribution is 0.219. The molecule has 3 heteroatoms. The minimum atomic E-state index is -0.621. The summed E-state index contributed by atoms with van der Waals surface area (Å²) in [5.74, 6) is 0.932. The average molecular weight is 347 g/mol. The molecular formula is C18H19BrO2. The Labute approximate surface area is 133 Å². The third-order valence-corrected chi connectivity index (χ3v) is 5.10. The first-order chi connectivity index (χ1) is 9.90. The summed E-state index contributed by atoms with van der Waals surface area (Å²) in [5.41, 5.74) is 4.08. The fraction of sp³-hybridized carbons (Fsp3) is 0.333. The van der Waals surface area contributed by atoms with Crippen LogP contribution in [0.15, 0.2) is 40.9 Å². The summed E-state index contributed by atoms with van der Waals surface area (Å²) >= 11 is 3.52. The van der Waals surface area contributed by atoms with E-state index in [4.69, 9.17) is 4.74 Å². The zero-order chi connectivity index (χ0) is 15.2. The van der Waals surface area contributed by atoms with Gasteiger partial charge in [0, 0.05) is 15.5 Å². The largest absolute Gasteiger partial charge is 0.492 e. The second kappa shape index (κ2) is 5.15. The second-order valence-electron chi connectivity index (χ2n) is 6.28. The van der Waals surface area contributed by atoms with E-state index in [0.29, 0.717) is 6.61 Å². The highest BCUT2D eigenvalue weighted by molar-refractivity contribution is 9.10. The summed E-state index contributed by atoms with van der Waals surface area (Å²) in [5, 5.41) is 10.7. The van der Waals surface area contributed by atoms with E-state index < -0.39 is 6.10 Å². The maximum Gasteiger partial charge on any atom is 0.123 e. The normalized spacial score (nSPS) is 17.2. The molecular weight excluding hydrogens is 328 g/mol. The maximum absolute atomic E-state index is 10.7. The molecule has 0 aromatic heterocycles. The number of aliphatic hydroxyl groups excluding tert-OH is 1. The van der Waals surface area contributed by atoms with Crippen LogP contribution in [-0.4, -0.2) is 11.7 Å². The molecule has 0 saturated heterocycles. The lowest BCUT2D eigenvalue weighted by Gasteiger charge is -2.19. The minimum absolute atomic E-state index is 0.00260. The first kappa shape index (κ1) is 14.6. The Morgan fingerprint density at radius 1 is 1.24 bits per heavy atom. The van der Waals surface area contributed by atoms with Crippen molar-refractivity contribution in [2.24, 2.45) is 0 Å². The zero-order valence-corrected chi connectivity index (χ0v) is 14.1. The van der Waals surface area contributed by atoms with Gasteiger partial charge in [0.15, 0.2) is 0 Å². The van der Waals surface area contributed by atoms with Crippen molar-refractivity contribution < 1.29 is 9.84 Å². The predicted molar refractivity (Wildman–Crippen MR) is 87.9 cm³/mol. The summed E-state index contributed by atoms with van der Waals surface area (Å²) < 4.78 is 6.73. The lowest BCUT2D eigenvalue weighted by Crippen LogP contribution is -2.18. The summed E-state index contributed by atoms with van der Waals surface area (Å²) in [6.07, 6.45) is -0.621. The predicted octanol–water partition coefficient (Wildman–Crippen LogP) is 4.51. The van der Waals surface area contributed by atoms with Crippen LogP contribution in [0.4, 0.5) is 0 Å².